The van der Waals surface area contributed by atoms with Crippen LogP contribution < -0.4 is 0 Å². The fourth-order valence-electron chi connectivity index (χ4n) is 2.65. The molecule has 0 bridgehead atoms. The van der Waals surface area contributed by atoms with Crippen LogP contribution in [0.2, 0.25) is 0 Å². The average molecular weight is 292 g/mol. The molecule has 21 heavy (non-hydrogen) atoms. The Labute approximate surface area is 133 Å². The molecule has 0 amide bonds. The Morgan fingerprint density at radius 2 is 1.33 bits per heavy atom. The minimum atomic E-state index is 0.243. The lowest BCUT2D eigenvalue weighted by Gasteiger charge is -2.06. The van der Waals surface area contributed by atoms with Crippen molar-refractivity contribution >= 4 is 0 Å². The summed E-state index contributed by atoms with van der Waals surface area (Å²) < 4.78 is 0. The van der Waals surface area contributed by atoms with Crippen molar-refractivity contribution in [3.8, 4) is 6.07 Å². The Morgan fingerprint density at radius 1 is 0.762 bits per heavy atom. The highest BCUT2D eigenvalue weighted by Crippen LogP contribution is 2.16. The van der Waals surface area contributed by atoms with E-state index in [2.05, 4.69) is 32.1 Å². The molecule has 1 nitrogen and oxygen atoms in total. The second kappa shape index (κ2) is 17.3. The molecule has 0 aromatic heterocycles. The van der Waals surface area contributed by atoms with Crippen LogP contribution in [0.5, 0.6) is 0 Å². The van der Waals surface area contributed by atoms with Crippen molar-refractivity contribution in [2.45, 2.75) is 104 Å². The fourth-order valence-corrected chi connectivity index (χ4v) is 2.65. The van der Waals surface area contributed by atoms with E-state index in [0.717, 1.165) is 12.8 Å². The molecule has 0 aromatic rings. The number of unbranched alkanes of at least 4 members (excludes halogenated alkanes) is 10. The Bertz CT molecular complexity index is 262. The van der Waals surface area contributed by atoms with E-state index in [1.165, 1.54) is 77.0 Å². The molecule has 1 unspecified atom stereocenters. The third-order valence-corrected chi connectivity index (χ3v) is 4.15. The molecule has 0 heterocycles. The molecular formula is C20H37N. The van der Waals surface area contributed by atoms with Crippen LogP contribution in [0.3, 0.4) is 0 Å². The maximum absolute atomic E-state index is 9.18. The summed E-state index contributed by atoms with van der Waals surface area (Å²) in [6.07, 6.45) is 22.4. The summed E-state index contributed by atoms with van der Waals surface area (Å²) in [7, 11) is 0. The van der Waals surface area contributed by atoms with Gasteiger partial charge in [0.05, 0.1) is 6.07 Å². The number of nitriles is 1. The molecule has 0 saturated carbocycles. The van der Waals surface area contributed by atoms with Gasteiger partial charge in [0.15, 0.2) is 0 Å². The van der Waals surface area contributed by atoms with Crippen molar-refractivity contribution in [3.05, 3.63) is 12.2 Å². The second-order valence-corrected chi connectivity index (χ2v) is 6.29. The number of rotatable bonds is 15. The predicted octanol–water partition coefficient (Wildman–Crippen LogP) is 7.18. The van der Waals surface area contributed by atoms with Crippen molar-refractivity contribution in [1.29, 1.82) is 5.26 Å². The Balaban J connectivity index is 3.43. The molecule has 0 saturated heterocycles. The smallest absolute Gasteiger partial charge is 0.0659 e. The molecule has 122 valence electrons. The van der Waals surface area contributed by atoms with E-state index in [1.807, 2.05) is 0 Å². The first-order valence-electron chi connectivity index (χ1n) is 9.39. The van der Waals surface area contributed by atoms with Crippen molar-refractivity contribution in [2.75, 3.05) is 0 Å². The van der Waals surface area contributed by atoms with Gasteiger partial charge in [0.25, 0.3) is 0 Å². The van der Waals surface area contributed by atoms with Crippen LogP contribution in [-0.4, -0.2) is 0 Å². The summed E-state index contributed by atoms with van der Waals surface area (Å²) in [6, 6.07) is 2.47. The molecule has 0 rings (SSSR count). The van der Waals surface area contributed by atoms with Crippen LogP contribution in [0.15, 0.2) is 12.2 Å². The van der Waals surface area contributed by atoms with Crippen molar-refractivity contribution < 1.29 is 0 Å². The number of hydrogen-bond donors (Lipinski definition) is 0. The van der Waals surface area contributed by atoms with Gasteiger partial charge in [0.2, 0.25) is 0 Å². The molecule has 1 atom stereocenters. The normalized spacial score (nSPS) is 12.6. The molecule has 0 aliphatic heterocycles. The highest BCUT2D eigenvalue weighted by molar-refractivity contribution is 4.91. The van der Waals surface area contributed by atoms with E-state index < -0.39 is 0 Å². The van der Waals surface area contributed by atoms with Gasteiger partial charge in [-0.25, -0.2) is 0 Å². The molecule has 0 spiro atoms. The largest absolute Gasteiger partial charge is 0.198 e. The summed E-state index contributed by atoms with van der Waals surface area (Å²) in [5.41, 5.74) is 0. The highest BCUT2D eigenvalue weighted by atomic mass is 14.3. The van der Waals surface area contributed by atoms with Crippen LogP contribution in [-0.2, 0) is 0 Å². The highest BCUT2D eigenvalue weighted by Gasteiger charge is 2.04. The van der Waals surface area contributed by atoms with Crippen LogP contribution in [0.4, 0.5) is 0 Å². The van der Waals surface area contributed by atoms with Crippen LogP contribution in [0, 0.1) is 17.2 Å². The number of nitrogens with zero attached hydrogens (tertiary/aromatic N) is 1. The summed E-state index contributed by atoms with van der Waals surface area (Å²) in [6.45, 7) is 4.50. The van der Waals surface area contributed by atoms with Gasteiger partial charge >= 0.3 is 0 Å². The van der Waals surface area contributed by atoms with Gasteiger partial charge < -0.3 is 0 Å². The molecular weight excluding hydrogens is 254 g/mol. The van der Waals surface area contributed by atoms with E-state index in [-0.39, 0.29) is 5.92 Å². The van der Waals surface area contributed by atoms with Gasteiger partial charge in [-0.05, 0) is 25.7 Å². The van der Waals surface area contributed by atoms with Crippen LogP contribution in [0.25, 0.3) is 0 Å². The van der Waals surface area contributed by atoms with Gasteiger partial charge in [0, 0.05) is 5.92 Å². The van der Waals surface area contributed by atoms with Gasteiger partial charge in [-0.3, -0.25) is 0 Å². The first kappa shape index (κ1) is 20.2. The monoisotopic (exact) mass is 291 g/mol. The first-order valence-corrected chi connectivity index (χ1v) is 9.39. The zero-order valence-corrected chi connectivity index (χ0v) is 14.6. The quantitative estimate of drug-likeness (QED) is 0.231. The van der Waals surface area contributed by atoms with Crippen molar-refractivity contribution in [2.24, 2.45) is 5.92 Å². The van der Waals surface area contributed by atoms with Crippen LogP contribution >= 0.6 is 0 Å². The SMILES string of the molecule is CCCCC/C=C/CC(C#N)CCCCCCCCCC. The lowest BCUT2D eigenvalue weighted by atomic mass is 9.98. The van der Waals surface area contributed by atoms with Crippen LogP contribution in [0.1, 0.15) is 104 Å². The molecule has 0 fully saturated rings. The number of allylic oxidation sites excluding steroid dienone is 2. The lowest BCUT2D eigenvalue weighted by Crippen LogP contribution is -1.95. The van der Waals surface area contributed by atoms with E-state index >= 15 is 0 Å². The average Bonchev–Trinajstić information content (AvgIpc) is 2.51. The van der Waals surface area contributed by atoms with Gasteiger partial charge in [-0.15, -0.1) is 0 Å². The minimum absolute atomic E-state index is 0.243. The molecule has 0 aliphatic carbocycles. The van der Waals surface area contributed by atoms with E-state index in [9.17, 15) is 5.26 Å². The predicted molar refractivity (Wildman–Crippen MR) is 94.2 cm³/mol. The summed E-state index contributed by atoms with van der Waals surface area (Å²) in [4.78, 5) is 0. The Hall–Kier alpha value is -0.770. The standard InChI is InChI=1S/C20H37N/c1-3-5-7-9-11-12-14-16-18-20(19-21)17-15-13-10-8-6-4-2/h13,15,20H,3-12,14,16-18H2,1-2H3/b15-13+. The third kappa shape index (κ3) is 15.4. The maximum atomic E-state index is 9.18. The van der Waals surface area contributed by atoms with E-state index in [0.29, 0.717) is 0 Å². The lowest BCUT2D eigenvalue weighted by molar-refractivity contribution is 0.521. The minimum Gasteiger partial charge on any atom is -0.198 e. The fraction of sp³-hybridized carbons (Fsp3) is 0.850. The van der Waals surface area contributed by atoms with Gasteiger partial charge in [-0.1, -0.05) is 90.2 Å². The number of hydrogen-bond acceptors (Lipinski definition) is 1. The summed E-state index contributed by atoms with van der Waals surface area (Å²) >= 11 is 0. The molecule has 0 radical (unpaired) electrons. The molecule has 0 N–H and O–H groups in total. The molecule has 0 aliphatic rings. The summed E-state index contributed by atoms with van der Waals surface area (Å²) in [5.74, 6) is 0.243. The zero-order chi connectivity index (χ0) is 15.6. The van der Waals surface area contributed by atoms with Crippen molar-refractivity contribution in [1.82, 2.24) is 0 Å². The summed E-state index contributed by atoms with van der Waals surface area (Å²) in [5, 5.41) is 9.18. The first-order chi connectivity index (χ1) is 10.3. The zero-order valence-electron chi connectivity index (χ0n) is 14.6. The second-order valence-electron chi connectivity index (χ2n) is 6.29. The Kier molecular flexibility index (Phi) is 16.6. The van der Waals surface area contributed by atoms with Gasteiger partial charge in [-0.2, -0.15) is 5.26 Å². The maximum Gasteiger partial charge on any atom is 0.0659 e. The van der Waals surface area contributed by atoms with Gasteiger partial charge in [0.1, 0.15) is 0 Å². The topological polar surface area (TPSA) is 23.8 Å². The van der Waals surface area contributed by atoms with E-state index in [4.69, 9.17) is 0 Å². The van der Waals surface area contributed by atoms with Crippen molar-refractivity contribution in [3.63, 3.8) is 0 Å². The molecule has 1 heteroatoms. The third-order valence-electron chi connectivity index (χ3n) is 4.15. The molecule has 0 aromatic carbocycles. The van der Waals surface area contributed by atoms with E-state index in [1.54, 1.807) is 0 Å². The Morgan fingerprint density at radius 3 is 1.95 bits per heavy atom.